The summed E-state index contributed by atoms with van der Waals surface area (Å²) >= 11 is 0. The molecule has 0 amide bonds. The molecule has 0 heterocycles. The lowest BCUT2D eigenvalue weighted by Gasteiger charge is -2.51. The fraction of sp³-hybridized carbons (Fsp3) is 0.697. The Balaban J connectivity index is 2.52. The summed E-state index contributed by atoms with van der Waals surface area (Å²) in [6.07, 6.45) is 4.71. The van der Waals surface area contributed by atoms with Crippen LogP contribution in [-0.2, 0) is 6.42 Å². The molecule has 1 aromatic rings. The fourth-order valence-corrected chi connectivity index (χ4v) is 5.99. The summed E-state index contributed by atoms with van der Waals surface area (Å²) in [5.41, 5.74) is 13.0. The number of hydrogen-bond acceptors (Lipinski definition) is 0. The van der Waals surface area contributed by atoms with Gasteiger partial charge in [-0.3, -0.25) is 0 Å². The Hall–Kier alpha value is -1.30. The van der Waals surface area contributed by atoms with E-state index in [-0.39, 0.29) is 21.7 Å². The van der Waals surface area contributed by atoms with E-state index >= 15 is 0 Å². The fourth-order valence-electron chi connectivity index (χ4n) is 5.99. The minimum Gasteiger partial charge on any atom is -0.0992 e. The summed E-state index contributed by atoms with van der Waals surface area (Å²) in [5.74, 6) is 0.883. The normalized spacial score (nSPS) is 18.3. The molecular formula is C33H54. The molecule has 2 unspecified atom stereocenters. The van der Waals surface area contributed by atoms with Crippen molar-refractivity contribution in [2.45, 2.75) is 123 Å². The topological polar surface area (TPSA) is 0 Å². The molecule has 0 radical (unpaired) electrons. The molecule has 0 bridgehead atoms. The lowest BCUT2D eigenvalue weighted by atomic mass is 9.53. The first kappa shape index (κ1) is 27.9. The van der Waals surface area contributed by atoms with E-state index in [1.807, 2.05) is 0 Å². The largest absolute Gasteiger partial charge is 0.0992 e. The van der Waals surface area contributed by atoms with Crippen molar-refractivity contribution in [3.8, 4) is 0 Å². The molecule has 0 N–H and O–H groups in total. The van der Waals surface area contributed by atoms with Gasteiger partial charge in [-0.15, -0.1) is 0 Å². The van der Waals surface area contributed by atoms with Crippen molar-refractivity contribution in [1.29, 1.82) is 0 Å². The number of rotatable bonds is 6. The van der Waals surface area contributed by atoms with Crippen LogP contribution in [0.15, 0.2) is 17.7 Å². The second kappa shape index (κ2) is 8.73. The van der Waals surface area contributed by atoms with Crippen LogP contribution in [0.5, 0.6) is 0 Å². The number of benzene rings is 1. The molecule has 0 fully saturated rings. The molecular weight excluding hydrogens is 396 g/mol. The Morgan fingerprint density at radius 3 is 1.85 bits per heavy atom. The zero-order valence-corrected chi connectivity index (χ0v) is 24.9. The predicted octanol–water partition coefficient (Wildman–Crippen LogP) is 10.4. The molecule has 0 aromatic heterocycles. The average Bonchev–Trinajstić information content (AvgIpc) is 2.97. The van der Waals surface area contributed by atoms with Gasteiger partial charge in [0.2, 0.25) is 0 Å². The SMILES string of the molecule is C=C(CC(C)(C)C)C(C)C1=Cc2c(C)c(C)c(CC(C)(C)C(C)(C)C(C)(C)C)c(C)c2C1C. The van der Waals surface area contributed by atoms with Gasteiger partial charge in [-0.1, -0.05) is 107 Å². The Kier molecular flexibility index (Phi) is 7.39. The zero-order chi connectivity index (χ0) is 25.9. The van der Waals surface area contributed by atoms with Gasteiger partial charge in [-0.05, 0) is 94.6 Å². The van der Waals surface area contributed by atoms with E-state index in [0.717, 1.165) is 12.8 Å². The van der Waals surface area contributed by atoms with E-state index in [4.69, 9.17) is 0 Å². The van der Waals surface area contributed by atoms with Crippen molar-refractivity contribution in [2.75, 3.05) is 0 Å². The number of fused-ring (bicyclic) bond motifs is 1. The van der Waals surface area contributed by atoms with Crippen molar-refractivity contribution in [1.82, 2.24) is 0 Å². The average molecular weight is 451 g/mol. The highest BCUT2D eigenvalue weighted by Gasteiger charge is 2.46. The summed E-state index contributed by atoms with van der Waals surface area (Å²) in [6.45, 7) is 40.4. The van der Waals surface area contributed by atoms with Gasteiger partial charge in [0.1, 0.15) is 0 Å². The summed E-state index contributed by atoms with van der Waals surface area (Å²) in [5, 5.41) is 0. The van der Waals surface area contributed by atoms with Crippen molar-refractivity contribution < 1.29 is 0 Å². The zero-order valence-electron chi connectivity index (χ0n) is 24.9. The molecule has 186 valence electrons. The van der Waals surface area contributed by atoms with Crippen LogP contribution >= 0.6 is 0 Å². The minimum atomic E-state index is 0.188. The lowest BCUT2D eigenvalue weighted by molar-refractivity contribution is -0.00735. The quantitative estimate of drug-likeness (QED) is 0.378. The van der Waals surface area contributed by atoms with Crippen LogP contribution in [0.3, 0.4) is 0 Å². The molecule has 2 rings (SSSR count). The summed E-state index contributed by atoms with van der Waals surface area (Å²) in [7, 11) is 0. The third-order valence-corrected chi connectivity index (χ3v) is 9.87. The molecule has 0 saturated heterocycles. The second-order valence-electron chi connectivity index (χ2n) is 14.6. The number of allylic oxidation sites excluding steroid dienone is 2. The minimum absolute atomic E-state index is 0.188. The molecule has 1 aromatic carbocycles. The number of hydrogen-bond donors (Lipinski definition) is 0. The van der Waals surface area contributed by atoms with E-state index in [1.165, 1.54) is 27.8 Å². The molecule has 1 aliphatic carbocycles. The first-order chi connectivity index (χ1) is 14.6. The second-order valence-corrected chi connectivity index (χ2v) is 14.6. The van der Waals surface area contributed by atoms with Gasteiger partial charge >= 0.3 is 0 Å². The van der Waals surface area contributed by atoms with Crippen LogP contribution in [0, 0.1) is 48.3 Å². The van der Waals surface area contributed by atoms with Gasteiger partial charge in [-0.2, -0.15) is 0 Å². The highest BCUT2D eigenvalue weighted by Crippen LogP contribution is 2.54. The maximum atomic E-state index is 4.52. The molecule has 1 aliphatic rings. The monoisotopic (exact) mass is 450 g/mol. The molecule has 0 heteroatoms. The van der Waals surface area contributed by atoms with E-state index < -0.39 is 0 Å². The maximum Gasteiger partial charge on any atom is 0.00378 e. The third-order valence-electron chi connectivity index (χ3n) is 9.87. The van der Waals surface area contributed by atoms with Crippen molar-refractivity contribution in [2.24, 2.45) is 27.6 Å². The van der Waals surface area contributed by atoms with Gasteiger partial charge in [0, 0.05) is 5.92 Å². The summed E-state index contributed by atoms with van der Waals surface area (Å²) < 4.78 is 0. The standard InChI is InChI=1S/C33H54/c1-20(18-30(7,8)9)21(2)26-17-27-22(3)23(4)28(25(6)29(27)24(26)5)19-32(13,14)33(15,16)31(10,11)12/h17,21,24H,1,18-19H2,2-16H3. The van der Waals surface area contributed by atoms with Crippen LogP contribution in [0.4, 0.5) is 0 Å². The first-order valence-corrected chi connectivity index (χ1v) is 13.2. The van der Waals surface area contributed by atoms with Crippen LogP contribution < -0.4 is 0 Å². The van der Waals surface area contributed by atoms with Crippen LogP contribution in [0.2, 0.25) is 0 Å². The Labute approximate surface area is 207 Å². The molecule has 0 aliphatic heterocycles. The Morgan fingerprint density at radius 1 is 0.879 bits per heavy atom. The van der Waals surface area contributed by atoms with Crippen molar-refractivity contribution in [3.63, 3.8) is 0 Å². The van der Waals surface area contributed by atoms with E-state index in [2.05, 4.69) is 117 Å². The highest BCUT2D eigenvalue weighted by molar-refractivity contribution is 5.74. The van der Waals surface area contributed by atoms with Gasteiger partial charge < -0.3 is 0 Å². The van der Waals surface area contributed by atoms with Crippen molar-refractivity contribution >= 4 is 6.08 Å². The summed E-state index contributed by atoms with van der Waals surface area (Å²) in [6, 6.07) is 0. The van der Waals surface area contributed by atoms with E-state index in [9.17, 15) is 0 Å². The maximum absolute atomic E-state index is 4.52. The molecule has 0 saturated carbocycles. The molecule has 33 heavy (non-hydrogen) atoms. The van der Waals surface area contributed by atoms with Crippen LogP contribution in [0.25, 0.3) is 6.08 Å². The van der Waals surface area contributed by atoms with E-state index in [0.29, 0.717) is 11.8 Å². The summed E-state index contributed by atoms with van der Waals surface area (Å²) in [4.78, 5) is 0. The Morgan fingerprint density at radius 2 is 1.39 bits per heavy atom. The first-order valence-electron chi connectivity index (χ1n) is 13.2. The highest BCUT2D eigenvalue weighted by atomic mass is 14.5. The third kappa shape index (κ3) is 5.06. The lowest BCUT2D eigenvalue weighted by Crippen LogP contribution is -2.44. The van der Waals surface area contributed by atoms with Crippen molar-refractivity contribution in [3.05, 3.63) is 51.1 Å². The van der Waals surface area contributed by atoms with Gasteiger partial charge in [-0.25, -0.2) is 0 Å². The van der Waals surface area contributed by atoms with Gasteiger partial charge in [0.15, 0.2) is 0 Å². The van der Waals surface area contributed by atoms with E-state index in [1.54, 1.807) is 16.7 Å². The van der Waals surface area contributed by atoms with Gasteiger partial charge in [0.05, 0.1) is 0 Å². The van der Waals surface area contributed by atoms with Crippen LogP contribution in [0.1, 0.15) is 129 Å². The van der Waals surface area contributed by atoms with Gasteiger partial charge in [0.25, 0.3) is 0 Å². The molecule has 0 spiro atoms. The predicted molar refractivity (Wildman–Crippen MR) is 150 cm³/mol. The molecule has 2 atom stereocenters. The Bertz CT molecular complexity index is 947. The molecule has 0 nitrogen and oxygen atoms in total. The van der Waals surface area contributed by atoms with Crippen LogP contribution in [-0.4, -0.2) is 0 Å². The smallest absolute Gasteiger partial charge is 0.00378 e.